The molecule has 20 heavy (non-hydrogen) atoms. The van der Waals surface area contributed by atoms with Crippen molar-refractivity contribution in [3.63, 3.8) is 0 Å². The Bertz CT molecular complexity index is 741. The second-order valence-electron chi connectivity index (χ2n) is 5.19. The highest BCUT2D eigenvalue weighted by Gasteiger charge is 2.43. The van der Waals surface area contributed by atoms with Crippen LogP contribution in [0.25, 0.3) is 11.3 Å². The SMILES string of the molecule is O=C1c2c(cccc2C(F)(F)F)-c2n[nH]c(C3CC3)c21. The standard InChI is InChI=1S/C14H9F3N2O/c15-14(16,17)8-3-1-2-7-9(8)13(20)10-11(6-4-5-6)18-19-12(7)10/h1-3,6H,4-5H2,(H,18,19). The van der Waals surface area contributed by atoms with Gasteiger partial charge in [0.1, 0.15) is 5.69 Å². The van der Waals surface area contributed by atoms with Gasteiger partial charge in [-0.3, -0.25) is 9.89 Å². The normalized spacial score (nSPS) is 17.2. The summed E-state index contributed by atoms with van der Waals surface area (Å²) in [5.74, 6) is -0.322. The fraction of sp³-hybridized carbons (Fsp3) is 0.286. The number of fused-ring (bicyclic) bond motifs is 3. The molecule has 3 nitrogen and oxygen atoms in total. The molecule has 0 aliphatic heterocycles. The molecule has 2 aromatic rings. The molecule has 1 aromatic heterocycles. The zero-order chi connectivity index (χ0) is 14.1. The summed E-state index contributed by atoms with van der Waals surface area (Å²) < 4.78 is 39.1. The van der Waals surface area contributed by atoms with Gasteiger partial charge in [0.25, 0.3) is 0 Å². The average Bonchev–Trinajstić information content (AvgIpc) is 3.08. The van der Waals surface area contributed by atoms with Gasteiger partial charge in [0.15, 0.2) is 5.78 Å². The first-order chi connectivity index (χ1) is 9.48. The fourth-order valence-electron chi connectivity index (χ4n) is 2.80. The number of nitrogens with one attached hydrogen (secondary N) is 1. The summed E-state index contributed by atoms with van der Waals surface area (Å²) in [6.45, 7) is 0. The molecular weight excluding hydrogens is 269 g/mol. The van der Waals surface area contributed by atoms with Crippen LogP contribution in [0.15, 0.2) is 18.2 Å². The summed E-state index contributed by atoms with van der Waals surface area (Å²) in [6.07, 6.45) is -2.64. The number of aromatic amines is 1. The molecule has 102 valence electrons. The Hall–Kier alpha value is -2.11. The van der Waals surface area contributed by atoms with Crippen LogP contribution < -0.4 is 0 Å². The van der Waals surface area contributed by atoms with Gasteiger partial charge in [-0.15, -0.1) is 0 Å². The number of carbonyl (C=O) groups excluding carboxylic acids is 1. The minimum absolute atomic E-state index is 0.235. The van der Waals surface area contributed by atoms with Gasteiger partial charge in [0.2, 0.25) is 0 Å². The fourth-order valence-corrected chi connectivity index (χ4v) is 2.80. The third-order valence-electron chi connectivity index (χ3n) is 3.86. The molecule has 6 heteroatoms. The molecular formula is C14H9F3N2O. The Labute approximate surface area is 111 Å². The van der Waals surface area contributed by atoms with E-state index in [1.54, 1.807) is 0 Å². The first-order valence-corrected chi connectivity index (χ1v) is 6.32. The second kappa shape index (κ2) is 3.50. The third kappa shape index (κ3) is 1.42. The number of carbonyl (C=O) groups is 1. The summed E-state index contributed by atoms with van der Waals surface area (Å²) >= 11 is 0. The van der Waals surface area contributed by atoms with E-state index in [1.807, 2.05) is 0 Å². The van der Waals surface area contributed by atoms with Crippen LogP contribution in [0.2, 0.25) is 0 Å². The number of hydrogen-bond donors (Lipinski definition) is 1. The molecule has 1 fully saturated rings. The van der Waals surface area contributed by atoms with Crippen molar-refractivity contribution in [2.24, 2.45) is 0 Å². The van der Waals surface area contributed by atoms with Crippen LogP contribution >= 0.6 is 0 Å². The summed E-state index contributed by atoms with van der Waals surface area (Å²) in [6, 6.07) is 3.78. The lowest BCUT2D eigenvalue weighted by molar-refractivity contribution is -0.137. The lowest BCUT2D eigenvalue weighted by Crippen LogP contribution is -2.12. The second-order valence-corrected chi connectivity index (χ2v) is 5.19. The maximum absolute atomic E-state index is 13.0. The monoisotopic (exact) mass is 278 g/mol. The Morgan fingerprint density at radius 3 is 2.60 bits per heavy atom. The molecule has 0 unspecified atom stereocenters. The van der Waals surface area contributed by atoms with Gasteiger partial charge in [-0.25, -0.2) is 0 Å². The Morgan fingerprint density at radius 1 is 1.20 bits per heavy atom. The van der Waals surface area contributed by atoms with E-state index < -0.39 is 17.5 Å². The zero-order valence-corrected chi connectivity index (χ0v) is 10.2. The van der Waals surface area contributed by atoms with E-state index >= 15 is 0 Å². The van der Waals surface area contributed by atoms with Crippen LogP contribution in [0, 0.1) is 0 Å². The van der Waals surface area contributed by atoms with Gasteiger partial charge in [-0.2, -0.15) is 18.3 Å². The number of hydrogen-bond acceptors (Lipinski definition) is 2. The van der Waals surface area contributed by atoms with E-state index in [2.05, 4.69) is 10.2 Å². The van der Waals surface area contributed by atoms with Crippen LogP contribution in [0.1, 0.15) is 45.9 Å². The molecule has 1 saturated carbocycles. The predicted molar refractivity (Wildman–Crippen MR) is 64.4 cm³/mol. The minimum atomic E-state index is -4.53. The number of nitrogens with zero attached hydrogens (tertiary/aromatic N) is 1. The van der Waals surface area contributed by atoms with Gasteiger partial charge in [0, 0.05) is 17.0 Å². The number of ketones is 1. The van der Waals surface area contributed by atoms with E-state index in [0.29, 0.717) is 17.0 Å². The van der Waals surface area contributed by atoms with Crippen LogP contribution in [-0.2, 0) is 6.18 Å². The van der Waals surface area contributed by atoms with E-state index in [4.69, 9.17) is 0 Å². The van der Waals surface area contributed by atoms with Crippen molar-refractivity contribution in [2.45, 2.75) is 24.9 Å². The maximum atomic E-state index is 13.0. The lowest BCUT2D eigenvalue weighted by Gasteiger charge is -2.10. The van der Waals surface area contributed by atoms with Gasteiger partial charge >= 0.3 is 6.18 Å². The van der Waals surface area contributed by atoms with Crippen molar-refractivity contribution in [3.05, 3.63) is 40.6 Å². The maximum Gasteiger partial charge on any atom is 0.417 e. The van der Waals surface area contributed by atoms with Crippen molar-refractivity contribution in [3.8, 4) is 11.3 Å². The highest BCUT2D eigenvalue weighted by molar-refractivity contribution is 6.22. The quantitative estimate of drug-likeness (QED) is 0.740. The van der Waals surface area contributed by atoms with Crippen molar-refractivity contribution < 1.29 is 18.0 Å². The molecule has 0 bridgehead atoms. The Kier molecular flexibility index (Phi) is 2.05. The van der Waals surface area contributed by atoms with Crippen LogP contribution in [-0.4, -0.2) is 16.0 Å². The highest BCUT2D eigenvalue weighted by atomic mass is 19.4. The molecule has 0 atom stereocenters. The van der Waals surface area contributed by atoms with Crippen LogP contribution in [0.5, 0.6) is 0 Å². The van der Waals surface area contributed by atoms with Gasteiger partial charge in [0.05, 0.1) is 16.8 Å². The van der Waals surface area contributed by atoms with E-state index in [-0.39, 0.29) is 17.0 Å². The molecule has 2 aliphatic carbocycles. The predicted octanol–water partition coefficient (Wildman–Crippen LogP) is 3.52. The van der Waals surface area contributed by atoms with E-state index in [0.717, 1.165) is 18.9 Å². The molecule has 2 aliphatic rings. The largest absolute Gasteiger partial charge is 0.417 e. The van der Waals surface area contributed by atoms with Crippen molar-refractivity contribution >= 4 is 5.78 Å². The number of H-pyrrole nitrogens is 1. The number of benzene rings is 1. The Balaban J connectivity index is 1.97. The minimum Gasteiger partial charge on any atom is -0.288 e. The average molecular weight is 278 g/mol. The number of rotatable bonds is 1. The van der Waals surface area contributed by atoms with Crippen molar-refractivity contribution in [1.82, 2.24) is 10.2 Å². The van der Waals surface area contributed by atoms with Crippen LogP contribution in [0.4, 0.5) is 13.2 Å². The summed E-state index contributed by atoms with van der Waals surface area (Å²) in [5.41, 5.74) is 0.530. The van der Waals surface area contributed by atoms with Crippen LogP contribution in [0.3, 0.4) is 0 Å². The molecule has 1 heterocycles. The highest BCUT2D eigenvalue weighted by Crippen LogP contribution is 2.48. The van der Waals surface area contributed by atoms with E-state index in [1.165, 1.54) is 12.1 Å². The molecule has 0 spiro atoms. The molecule has 0 saturated heterocycles. The van der Waals surface area contributed by atoms with E-state index in [9.17, 15) is 18.0 Å². The van der Waals surface area contributed by atoms with Crippen molar-refractivity contribution in [2.75, 3.05) is 0 Å². The van der Waals surface area contributed by atoms with Crippen molar-refractivity contribution in [1.29, 1.82) is 0 Å². The Morgan fingerprint density at radius 2 is 1.95 bits per heavy atom. The summed E-state index contributed by atoms with van der Waals surface area (Å²) in [5, 5.41) is 6.88. The smallest absolute Gasteiger partial charge is 0.288 e. The molecule has 1 aromatic carbocycles. The number of halogens is 3. The molecule has 1 N–H and O–H groups in total. The molecule has 0 amide bonds. The first kappa shape index (κ1) is 11.7. The number of alkyl halides is 3. The number of aromatic nitrogens is 2. The molecule has 4 rings (SSSR count). The summed E-state index contributed by atoms with van der Waals surface area (Å²) in [4.78, 5) is 12.4. The summed E-state index contributed by atoms with van der Waals surface area (Å²) in [7, 11) is 0. The topological polar surface area (TPSA) is 45.8 Å². The zero-order valence-electron chi connectivity index (χ0n) is 10.2. The molecule has 0 radical (unpaired) electrons. The van der Waals surface area contributed by atoms with Gasteiger partial charge in [-0.1, -0.05) is 12.1 Å². The lowest BCUT2D eigenvalue weighted by atomic mass is 10.0. The van der Waals surface area contributed by atoms with Gasteiger partial charge < -0.3 is 0 Å². The third-order valence-corrected chi connectivity index (χ3v) is 3.86. The first-order valence-electron chi connectivity index (χ1n) is 6.32. The van der Waals surface area contributed by atoms with Gasteiger partial charge in [-0.05, 0) is 18.9 Å².